The normalized spacial score (nSPS) is 14.1. The van der Waals surface area contributed by atoms with Crippen molar-refractivity contribution in [1.82, 2.24) is 20.1 Å². The average molecular weight is 245 g/mol. The standard InChI is InChI=1S/C12H15N5O/c1-3-12(2,4-5-13)8-9-16-11(17-18-9)10-14-6-7-15-10/h6-7H,3-4,8H2,1-2H3,(H,14,15). The lowest BCUT2D eigenvalue weighted by Crippen LogP contribution is -2.18. The first-order valence-corrected chi connectivity index (χ1v) is 5.86. The van der Waals surface area contributed by atoms with Crippen LogP contribution in [-0.2, 0) is 6.42 Å². The predicted molar refractivity (Wildman–Crippen MR) is 64.2 cm³/mol. The molecule has 2 heterocycles. The second-order valence-corrected chi connectivity index (χ2v) is 4.63. The summed E-state index contributed by atoms with van der Waals surface area (Å²) in [6.45, 7) is 4.11. The van der Waals surface area contributed by atoms with Gasteiger partial charge in [0.2, 0.25) is 11.7 Å². The second kappa shape index (κ2) is 5.00. The molecule has 0 aromatic carbocycles. The summed E-state index contributed by atoms with van der Waals surface area (Å²) in [6.07, 6.45) is 5.31. The summed E-state index contributed by atoms with van der Waals surface area (Å²) in [4.78, 5) is 11.3. The number of nitriles is 1. The van der Waals surface area contributed by atoms with E-state index in [0.717, 1.165) is 6.42 Å². The van der Waals surface area contributed by atoms with Gasteiger partial charge < -0.3 is 9.51 Å². The molecule has 0 aliphatic rings. The van der Waals surface area contributed by atoms with E-state index in [1.54, 1.807) is 12.4 Å². The minimum atomic E-state index is -0.123. The van der Waals surface area contributed by atoms with Crippen LogP contribution in [0.3, 0.4) is 0 Å². The van der Waals surface area contributed by atoms with Crippen LogP contribution in [0.1, 0.15) is 32.6 Å². The summed E-state index contributed by atoms with van der Waals surface area (Å²) in [6, 6.07) is 2.21. The van der Waals surface area contributed by atoms with Crippen molar-refractivity contribution in [3.63, 3.8) is 0 Å². The van der Waals surface area contributed by atoms with Crippen LogP contribution in [0.5, 0.6) is 0 Å². The maximum absolute atomic E-state index is 8.83. The van der Waals surface area contributed by atoms with E-state index in [0.29, 0.717) is 30.4 Å². The van der Waals surface area contributed by atoms with E-state index in [1.165, 1.54) is 0 Å². The highest BCUT2D eigenvalue weighted by Gasteiger charge is 2.26. The van der Waals surface area contributed by atoms with Gasteiger partial charge in [-0.2, -0.15) is 10.2 Å². The number of hydrogen-bond donors (Lipinski definition) is 1. The number of aromatic nitrogens is 4. The van der Waals surface area contributed by atoms with Gasteiger partial charge in [-0.15, -0.1) is 0 Å². The zero-order chi connectivity index (χ0) is 13.0. The molecule has 0 fully saturated rings. The molecular formula is C12H15N5O. The minimum absolute atomic E-state index is 0.123. The highest BCUT2D eigenvalue weighted by Crippen LogP contribution is 2.29. The number of imidazole rings is 1. The van der Waals surface area contributed by atoms with E-state index in [1.807, 2.05) is 6.92 Å². The van der Waals surface area contributed by atoms with Crippen molar-refractivity contribution in [2.45, 2.75) is 33.1 Å². The number of rotatable bonds is 5. The van der Waals surface area contributed by atoms with E-state index < -0.39 is 0 Å². The number of nitrogens with one attached hydrogen (secondary N) is 1. The molecule has 0 aliphatic carbocycles. The molecule has 18 heavy (non-hydrogen) atoms. The van der Waals surface area contributed by atoms with Gasteiger partial charge in [-0.1, -0.05) is 19.0 Å². The highest BCUT2D eigenvalue weighted by atomic mass is 16.5. The first-order valence-electron chi connectivity index (χ1n) is 5.86. The quantitative estimate of drug-likeness (QED) is 0.872. The Morgan fingerprint density at radius 2 is 2.39 bits per heavy atom. The van der Waals surface area contributed by atoms with Crippen molar-refractivity contribution in [1.29, 1.82) is 5.26 Å². The summed E-state index contributed by atoms with van der Waals surface area (Å²) in [5, 5.41) is 12.7. The third-order valence-corrected chi connectivity index (χ3v) is 3.12. The zero-order valence-electron chi connectivity index (χ0n) is 10.5. The lowest BCUT2D eigenvalue weighted by Gasteiger charge is -2.22. The minimum Gasteiger partial charge on any atom is -0.342 e. The molecule has 94 valence electrons. The molecule has 2 aromatic rings. The Labute approximate surface area is 105 Å². The Morgan fingerprint density at radius 3 is 3.00 bits per heavy atom. The van der Waals surface area contributed by atoms with Gasteiger partial charge >= 0.3 is 0 Å². The molecule has 1 atom stereocenters. The lowest BCUT2D eigenvalue weighted by molar-refractivity contribution is 0.266. The molecule has 0 saturated carbocycles. The fourth-order valence-electron chi connectivity index (χ4n) is 1.68. The van der Waals surface area contributed by atoms with Gasteiger partial charge in [-0.25, -0.2) is 4.98 Å². The molecule has 0 amide bonds. The number of hydrogen-bond acceptors (Lipinski definition) is 5. The lowest BCUT2D eigenvalue weighted by atomic mass is 9.81. The van der Waals surface area contributed by atoms with Crippen LogP contribution < -0.4 is 0 Å². The van der Waals surface area contributed by atoms with Crippen LogP contribution in [-0.4, -0.2) is 20.1 Å². The zero-order valence-corrected chi connectivity index (χ0v) is 10.5. The van der Waals surface area contributed by atoms with Crippen LogP contribution in [0.2, 0.25) is 0 Å². The number of nitrogens with zero attached hydrogens (tertiary/aromatic N) is 4. The topological polar surface area (TPSA) is 91.4 Å². The molecule has 0 radical (unpaired) electrons. The Morgan fingerprint density at radius 1 is 1.56 bits per heavy atom. The molecule has 2 aromatic heterocycles. The van der Waals surface area contributed by atoms with Crippen LogP contribution in [0.25, 0.3) is 11.6 Å². The van der Waals surface area contributed by atoms with E-state index >= 15 is 0 Å². The predicted octanol–water partition coefficient (Wildman–Crippen LogP) is 2.33. The number of aromatic amines is 1. The summed E-state index contributed by atoms with van der Waals surface area (Å²) in [7, 11) is 0. The second-order valence-electron chi connectivity index (χ2n) is 4.63. The van der Waals surface area contributed by atoms with Gasteiger partial charge in [0.05, 0.1) is 6.07 Å². The number of H-pyrrole nitrogens is 1. The smallest absolute Gasteiger partial charge is 0.238 e. The van der Waals surface area contributed by atoms with Crippen molar-refractivity contribution in [2.75, 3.05) is 0 Å². The third-order valence-electron chi connectivity index (χ3n) is 3.12. The largest absolute Gasteiger partial charge is 0.342 e. The highest BCUT2D eigenvalue weighted by molar-refractivity contribution is 5.40. The van der Waals surface area contributed by atoms with Gasteiger partial charge in [0, 0.05) is 25.2 Å². The van der Waals surface area contributed by atoms with Crippen LogP contribution in [0.15, 0.2) is 16.9 Å². The first-order chi connectivity index (χ1) is 8.67. The van der Waals surface area contributed by atoms with Crippen molar-refractivity contribution >= 4 is 0 Å². The van der Waals surface area contributed by atoms with Crippen LogP contribution in [0.4, 0.5) is 0 Å². The Kier molecular flexibility index (Phi) is 3.42. The molecular weight excluding hydrogens is 230 g/mol. The van der Waals surface area contributed by atoms with Crippen molar-refractivity contribution < 1.29 is 4.52 Å². The maximum atomic E-state index is 8.83. The van der Waals surface area contributed by atoms with Crippen molar-refractivity contribution in [2.24, 2.45) is 5.41 Å². The van der Waals surface area contributed by atoms with Crippen molar-refractivity contribution in [3.05, 3.63) is 18.3 Å². The maximum Gasteiger partial charge on any atom is 0.238 e. The SMILES string of the molecule is CCC(C)(CC#N)Cc1nc(-c2ncc[nH]2)no1. The van der Waals surface area contributed by atoms with Gasteiger partial charge in [-0.05, 0) is 11.8 Å². The third kappa shape index (κ3) is 2.56. The van der Waals surface area contributed by atoms with Gasteiger partial charge in [0.25, 0.3) is 0 Å². The summed E-state index contributed by atoms with van der Waals surface area (Å²) in [5.74, 6) is 1.58. The Balaban J connectivity index is 2.14. The van der Waals surface area contributed by atoms with E-state index in [4.69, 9.17) is 9.78 Å². The van der Waals surface area contributed by atoms with E-state index in [9.17, 15) is 0 Å². The van der Waals surface area contributed by atoms with Gasteiger partial charge in [-0.3, -0.25) is 0 Å². The fraction of sp³-hybridized carbons (Fsp3) is 0.500. The van der Waals surface area contributed by atoms with Gasteiger partial charge in [0.15, 0.2) is 5.82 Å². The van der Waals surface area contributed by atoms with Crippen LogP contribution >= 0.6 is 0 Å². The van der Waals surface area contributed by atoms with Gasteiger partial charge in [0.1, 0.15) is 0 Å². The molecule has 0 aliphatic heterocycles. The summed E-state index contributed by atoms with van der Waals surface area (Å²) >= 11 is 0. The van der Waals surface area contributed by atoms with Crippen molar-refractivity contribution in [3.8, 4) is 17.7 Å². The molecule has 0 bridgehead atoms. The fourth-order valence-corrected chi connectivity index (χ4v) is 1.68. The summed E-state index contributed by atoms with van der Waals surface area (Å²) in [5.41, 5.74) is -0.123. The van der Waals surface area contributed by atoms with Crippen LogP contribution in [0, 0.1) is 16.7 Å². The van der Waals surface area contributed by atoms with E-state index in [2.05, 4.69) is 33.1 Å². The molecule has 2 rings (SSSR count). The molecule has 0 saturated heterocycles. The Hall–Kier alpha value is -2.16. The molecule has 1 N–H and O–H groups in total. The average Bonchev–Trinajstić information content (AvgIpc) is 2.99. The Bertz CT molecular complexity index is 539. The monoisotopic (exact) mass is 245 g/mol. The molecule has 0 spiro atoms. The first kappa shape index (κ1) is 12.3. The summed E-state index contributed by atoms with van der Waals surface area (Å²) < 4.78 is 5.20. The van der Waals surface area contributed by atoms with E-state index in [-0.39, 0.29) is 5.41 Å². The molecule has 1 unspecified atom stereocenters. The molecule has 6 heteroatoms. The molecule has 6 nitrogen and oxygen atoms in total.